The van der Waals surface area contributed by atoms with Gasteiger partial charge in [-0.1, -0.05) is 48.8 Å². The highest BCUT2D eigenvalue weighted by Crippen LogP contribution is 2.09. The summed E-state index contributed by atoms with van der Waals surface area (Å²) in [5.74, 6) is 0. The van der Waals surface area contributed by atoms with E-state index >= 15 is 0 Å². The Morgan fingerprint density at radius 2 is 2.15 bits per heavy atom. The summed E-state index contributed by atoms with van der Waals surface area (Å²) in [7, 11) is 1.65. The molecule has 0 radical (unpaired) electrons. The normalized spacial score (nSPS) is 13.8. The standard InChI is InChI=1S/C10H19IO2/c1-3-4-5-6-10(7-8-11)13-9-12-2/h7-8,10H,3-6,9H2,1-2H3/b8-7-/t10-/m1/s1. The van der Waals surface area contributed by atoms with Crippen LogP contribution in [0.5, 0.6) is 0 Å². The molecule has 0 fully saturated rings. The van der Waals surface area contributed by atoms with Crippen LogP contribution in [0.1, 0.15) is 32.6 Å². The quantitative estimate of drug-likeness (QED) is 0.388. The van der Waals surface area contributed by atoms with Crippen LogP contribution in [0.3, 0.4) is 0 Å². The average molecular weight is 298 g/mol. The van der Waals surface area contributed by atoms with Gasteiger partial charge >= 0.3 is 0 Å². The molecule has 0 saturated heterocycles. The van der Waals surface area contributed by atoms with Crippen molar-refractivity contribution >= 4 is 22.6 Å². The first kappa shape index (κ1) is 13.4. The first-order valence-corrected chi connectivity index (χ1v) is 5.97. The van der Waals surface area contributed by atoms with Crippen LogP contribution in [0.2, 0.25) is 0 Å². The van der Waals surface area contributed by atoms with Gasteiger partial charge in [-0.15, -0.1) is 0 Å². The fourth-order valence-electron chi connectivity index (χ4n) is 1.07. The van der Waals surface area contributed by atoms with E-state index < -0.39 is 0 Å². The maximum absolute atomic E-state index is 5.46. The summed E-state index contributed by atoms with van der Waals surface area (Å²) < 4.78 is 12.3. The van der Waals surface area contributed by atoms with Gasteiger partial charge in [-0.3, -0.25) is 0 Å². The molecular formula is C10H19IO2. The minimum atomic E-state index is 0.225. The lowest BCUT2D eigenvalue weighted by Crippen LogP contribution is -2.11. The third-order valence-electron chi connectivity index (χ3n) is 1.78. The monoisotopic (exact) mass is 298 g/mol. The molecule has 13 heavy (non-hydrogen) atoms. The van der Waals surface area contributed by atoms with Crippen molar-refractivity contribution in [3.8, 4) is 0 Å². The Morgan fingerprint density at radius 1 is 1.38 bits per heavy atom. The molecule has 0 aromatic rings. The molecule has 78 valence electrons. The summed E-state index contributed by atoms with van der Waals surface area (Å²) >= 11 is 2.21. The number of ether oxygens (including phenoxy) is 2. The molecule has 0 bridgehead atoms. The maximum Gasteiger partial charge on any atom is 0.147 e. The predicted molar refractivity (Wildman–Crippen MR) is 64.1 cm³/mol. The number of rotatable bonds is 8. The molecule has 0 spiro atoms. The highest BCUT2D eigenvalue weighted by Gasteiger charge is 2.03. The van der Waals surface area contributed by atoms with Crippen molar-refractivity contribution in [2.24, 2.45) is 0 Å². The van der Waals surface area contributed by atoms with E-state index in [1.807, 2.05) is 4.08 Å². The van der Waals surface area contributed by atoms with Crippen LogP contribution in [0.25, 0.3) is 0 Å². The van der Waals surface area contributed by atoms with Gasteiger partial charge in [0.25, 0.3) is 0 Å². The Balaban J connectivity index is 3.54. The number of hydrogen-bond acceptors (Lipinski definition) is 2. The number of methoxy groups -OCH3 is 1. The molecule has 0 N–H and O–H groups in total. The van der Waals surface area contributed by atoms with Crippen molar-refractivity contribution in [1.82, 2.24) is 0 Å². The van der Waals surface area contributed by atoms with E-state index in [4.69, 9.17) is 9.47 Å². The molecule has 0 saturated carbocycles. The molecule has 0 aliphatic rings. The van der Waals surface area contributed by atoms with Crippen molar-refractivity contribution < 1.29 is 9.47 Å². The van der Waals surface area contributed by atoms with Crippen molar-refractivity contribution in [2.45, 2.75) is 38.7 Å². The van der Waals surface area contributed by atoms with Crippen LogP contribution in [0.15, 0.2) is 10.2 Å². The summed E-state index contributed by atoms with van der Waals surface area (Å²) in [4.78, 5) is 0. The van der Waals surface area contributed by atoms with Gasteiger partial charge in [0.05, 0.1) is 6.10 Å². The van der Waals surface area contributed by atoms with Gasteiger partial charge in [0, 0.05) is 7.11 Å². The molecule has 1 atom stereocenters. The van der Waals surface area contributed by atoms with Gasteiger partial charge in [-0.25, -0.2) is 0 Å². The lowest BCUT2D eigenvalue weighted by Gasteiger charge is -2.12. The molecule has 0 aromatic heterocycles. The topological polar surface area (TPSA) is 18.5 Å². The Bertz CT molecular complexity index is 126. The Hall–Kier alpha value is 0.390. The highest BCUT2D eigenvalue weighted by molar-refractivity contribution is 14.1. The third-order valence-corrected chi connectivity index (χ3v) is 2.19. The van der Waals surface area contributed by atoms with E-state index in [1.165, 1.54) is 19.3 Å². The van der Waals surface area contributed by atoms with E-state index in [1.54, 1.807) is 7.11 Å². The van der Waals surface area contributed by atoms with Gasteiger partial charge in [0.15, 0.2) is 0 Å². The third kappa shape index (κ3) is 8.71. The average Bonchev–Trinajstić information content (AvgIpc) is 2.14. The van der Waals surface area contributed by atoms with Crippen LogP contribution in [-0.2, 0) is 9.47 Å². The number of halogens is 1. The van der Waals surface area contributed by atoms with E-state index in [9.17, 15) is 0 Å². The van der Waals surface area contributed by atoms with E-state index in [-0.39, 0.29) is 6.10 Å². The molecule has 0 unspecified atom stereocenters. The Morgan fingerprint density at radius 3 is 2.69 bits per heavy atom. The Kier molecular flexibility index (Phi) is 10.8. The molecule has 0 aromatic carbocycles. The van der Waals surface area contributed by atoms with Crippen molar-refractivity contribution in [3.05, 3.63) is 10.2 Å². The second-order valence-corrected chi connectivity index (χ2v) is 3.65. The molecule has 0 aliphatic heterocycles. The van der Waals surface area contributed by atoms with Crippen molar-refractivity contribution in [2.75, 3.05) is 13.9 Å². The van der Waals surface area contributed by atoms with Gasteiger partial charge in [0.2, 0.25) is 0 Å². The predicted octanol–water partition coefficient (Wildman–Crippen LogP) is 3.50. The van der Waals surface area contributed by atoms with Crippen LogP contribution in [0.4, 0.5) is 0 Å². The summed E-state index contributed by atoms with van der Waals surface area (Å²) in [6, 6.07) is 0. The fourth-order valence-corrected chi connectivity index (χ4v) is 1.53. The first-order valence-electron chi connectivity index (χ1n) is 4.72. The molecule has 0 aliphatic carbocycles. The zero-order valence-corrected chi connectivity index (χ0v) is 10.6. The van der Waals surface area contributed by atoms with Crippen molar-refractivity contribution in [3.63, 3.8) is 0 Å². The Labute approximate surface area is 94.8 Å². The van der Waals surface area contributed by atoms with Gasteiger partial charge in [0.1, 0.15) is 6.79 Å². The summed E-state index contributed by atoms with van der Waals surface area (Å²) in [5.41, 5.74) is 0. The first-order chi connectivity index (χ1) is 6.35. The lowest BCUT2D eigenvalue weighted by molar-refractivity contribution is -0.0579. The smallest absolute Gasteiger partial charge is 0.147 e. The minimum Gasteiger partial charge on any atom is -0.359 e. The van der Waals surface area contributed by atoms with E-state index in [0.717, 1.165) is 6.42 Å². The molecule has 3 heteroatoms. The van der Waals surface area contributed by atoms with Gasteiger partial charge in [-0.2, -0.15) is 0 Å². The van der Waals surface area contributed by atoms with Crippen molar-refractivity contribution in [1.29, 1.82) is 0 Å². The summed E-state index contributed by atoms with van der Waals surface area (Å²) in [6.45, 7) is 2.59. The molecule has 2 nitrogen and oxygen atoms in total. The second kappa shape index (κ2) is 10.5. The molecule has 0 rings (SSSR count). The summed E-state index contributed by atoms with van der Waals surface area (Å²) in [6.07, 6.45) is 7.16. The van der Waals surface area contributed by atoms with Crippen LogP contribution in [0, 0.1) is 0 Å². The summed E-state index contributed by atoms with van der Waals surface area (Å²) in [5, 5.41) is 0. The van der Waals surface area contributed by atoms with Gasteiger partial charge < -0.3 is 9.47 Å². The van der Waals surface area contributed by atoms with Crippen LogP contribution < -0.4 is 0 Å². The maximum atomic E-state index is 5.46. The van der Waals surface area contributed by atoms with Gasteiger partial charge in [-0.05, 0) is 16.6 Å². The largest absolute Gasteiger partial charge is 0.359 e. The highest BCUT2D eigenvalue weighted by atomic mass is 127. The zero-order valence-electron chi connectivity index (χ0n) is 8.46. The fraction of sp³-hybridized carbons (Fsp3) is 0.800. The zero-order chi connectivity index (χ0) is 9.94. The second-order valence-electron chi connectivity index (χ2n) is 2.93. The minimum absolute atomic E-state index is 0.225. The van der Waals surface area contributed by atoms with E-state index in [2.05, 4.69) is 35.6 Å². The van der Waals surface area contributed by atoms with Crippen LogP contribution in [-0.4, -0.2) is 20.0 Å². The lowest BCUT2D eigenvalue weighted by atomic mass is 10.1. The molecule has 0 heterocycles. The number of unbranched alkanes of at least 4 members (excludes halogenated alkanes) is 2. The van der Waals surface area contributed by atoms with Crippen LogP contribution >= 0.6 is 22.6 Å². The SMILES string of the molecule is CCCCC[C@H](/C=C\I)OCOC. The van der Waals surface area contributed by atoms with E-state index in [0.29, 0.717) is 6.79 Å². The number of hydrogen-bond donors (Lipinski definition) is 0. The molecular weight excluding hydrogens is 279 g/mol. The molecule has 0 amide bonds.